The minimum absolute atomic E-state index is 0.0144. The Morgan fingerprint density at radius 3 is 2.54 bits per heavy atom. The smallest absolute Gasteiger partial charge is 0.261 e. The van der Waals surface area contributed by atoms with Crippen LogP contribution in [0.1, 0.15) is 10.4 Å². The van der Waals surface area contributed by atoms with Crippen LogP contribution in [0.5, 0.6) is 5.75 Å². The van der Waals surface area contributed by atoms with Crippen molar-refractivity contribution in [2.75, 3.05) is 39.0 Å². The molecule has 0 saturated carbocycles. The van der Waals surface area contributed by atoms with Crippen molar-refractivity contribution in [3.05, 3.63) is 54.1 Å². The van der Waals surface area contributed by atoms with Gasteiger partial charge in [0.1, 0.15) is 5.75 Å². The lowest BCUT2D eigenvalue weighted by Crippen LogP contribution is -2.31. The van der Waals surface area contributed by atoms with Crippen LogP contribution < -0.4 is 14.8 Å². The molecule has 0 aliphatic carbocycles. The monoisotopic (exact) mass is 377 g/mol. The van der Waals surface area contributed by atoms with E-state index in [1.54, 1.807) is 36.4 Å². The molecule has 0 saturated heterocycles. The lowest BCUT2D eigenvalue weighted by molar-refractivity contribution is 0.0951. The first kappa shape index (κ1) is 19.7. The molecular formula is C18H23N3O4S. The van der Waals surface area contributed by atoms with Gasteiger partial charge in [-0.05, 0) is 44.4 Å². The number of methoxy groups -OCH3 is 1. The fourth-order valence-electron chi connectivity index (χ4n) is 2.20. The maximum atomic E-state index is 12.6. The van der Waals surface area contributed by atoms with E-state index >= 15 is 0 Å². The molecule has 0 aliphatic rings. The van der Waals surface area contributed by atoms with E-state index in [0.29, 0.717) is 24.5 Å². The number of hydrogen-bond acceptors (Lipinski definition) is 5. The Labute approximate surface area is 154 Å². The second kappa shape index (κ2) is 8.68. The molecule has 1 amide bonds. The minimum Gasteiger partial charge on any atom is -0.497 e. The molecule has 0 aliphatic heterocycles. The summed E-state index contributed by atoms with van der Waals surface area (Å²) in [6, 6.07) is 12.5. The predicted molar refractivity (Wildman–Crippen MR) is 101 cm³/mol. The van der Waals surface area contributed by atoms with E-state index < -0.39 is 10.0 Å². The van der Waals surface area contributed by atoms with Crippen molar-refractivity contribution in [1.29, 1.82) is 0 Å². The van der Waals surface area contributed by atoms with E-state index in [4.69, 9.17) is 4.74 Å². The Morgan fingerprint density at radius 2 is 1.85 bits per heavy atom. The number of sulfonamides is 1. The summed E-state index contributed by atoms with van der Waals surface area (Å²) in [7, 11) is 1.50. The van der Waals surface area contributed by atoms with Crippen LogP contribution >= 0.6 is 0 Å². The Morgan fingerprint density at radius 1 is 1.12 bits per heavy atom. The standard InChI is InChI=1S/C18H23N3O4S/c1-21(2)11-10-19-18(22)14-6-4-9-17(12-14)26(23,24)20-15-7-5-8-16(13-15)25-3/h4-9,12-13,20H,10-11H2,1-3H3,(H,19,22). The third-order valence-electron chi connectivity index (χ3n) is 3.57. The molecular weight excluding hydrogens is 354 g/mol. The van der Waals surface area contributed by atoms with E-state index in [2.05, 4.69) is 10.0 Å². The van der Waals surface area contributed by atoms with Crippen LogP contribution in [0.15, 0.2) is 53.4 Å². The van der Waals surface area contributed by atoms with Gasteiger partial charge in [0.25, 0.3) is 15.9 Å². The minimum atomic E-state index is -3.82. The van der Waals surface area contributed by atoms with Crippen LogP contribution in [0.25, 0.3) is 0 Å². The van der Waals surface area contributed by atoms with Gasteiger partial charge in [-0.15, -0.1) is 0 Å². The Kier molecular flexibility index (Phi) is 6.59. The van der Waals surface area contributed by atoms with Crippen LogP contribution in [0.3, 0.4) is 0 Å². The van der Waals surface area contributed by atoms with Crippen LogP contribution in [0.2, 0.25) is 0 Å². The Hall–Kier alpha value is -2.58. The molecule has 8 heteroatoms. The molecule has 0 atom stereocenters. The van der Waals surface area contributed by atoms with Crippen molar-refractivity contribution in [2.24, 2.45) is 0 Å². The molecule has 0 unspecified atom stereocenters. The molecule has 2 N–H and O–H groups in total. The highest BCUT2D eigenvalue weighted by Crippen LogP contribution is 2.21. The van der Waals surface area contributed by atoms with Crippen molar-refractivity contribution in [3.63, 3.8) is 0 Å². The molecule has 0 radical (unpaired) electrons. The number of likely N-dealkylation sites (N-methyl/N-ethyl adjacent to an activating group) is 1. The Bertz CT molecular complexity index is 866. The molecule has 7 nitrogen and oxygen atoms in total. The van der Waals surface area contributed by atoms with E-state index in [0.717, 1.165) is 0 Å². The predicted octanol–water partition coefficient (Wildman–Crippen LogP) is 1.79. The van der Waals surface area contributed by atoms with E-state index in [-0.39, 0.29) is 16.4 Å². The summed E-state index contributed by atoms with van der Waals surface area (Å²) in [4.78, 5) is 14.1. The van der Waals surface area contributed by atoms with Gasteiger partial charge in [0.15, 0.2) is 0 Å². The van der Waals surface area contributed by atoms with E-state index in [1.807, 2.05) is 19.0 Å². The van der Waals surface area contributed by atoms with Gasteiger partial charge in [-0.2, -0.15) is 0 Å². The number of benzene rings is 2. The lowest BCUT2D eigenvalue weighted by Gasteiger charge is -2.12. The summed E-state index contributed by atoms with van der Waals surface area (Å²) in [6.45, 7) is 1.17. The van der Waals surface area contributed by atoms with Gasteiger partial charge in [0.05, 0.1) is 17.7 Å². The number of nitrogens with zero attached hydrogens (tertiary/aromatic N) is 1. The lowest BCUT2D eigenvalue weighted by atomic mass is 10.2. The average Bonchev–Trinajstić information content (AvgIpc) is 2.61. The molecule has 0 aromatic heterocycles. The zero-order chi connectivity index (χ0) is 19.2. The summed E-state index contributed by atoms with van der Waals surface area (Å²) >= 11 is 0. The molecule has 0 fully saturated rings. The number of carbonyl (C=O) groups excluding carboxylic acids is 1. The summed E-state index contributed by atoms with van der Waals surface area (Å²) in [5.41, 5.74) is 0.669. The largest absolute Gasteiger partial charge is 0.497 e. The normalized spacial score (nSPS) is 11.2. The highest BCUT2D eigenvalue weighted by Gasteiger charge is 2.16. The molecule has 2 aromatic carbocycles. The zero-order valence-corrected chi connectivity index (χ0v) is 15.8. The van der Waals surface area contributed by atoms with Gasteiger partial charge in [-0.3, -0.25) is 9.52 Å². The number of hydrogen-bond donors (Lipinski definition) is 2. The maximum Gasteiger partial charge on any atom is 0.261 e. The quantitative estimate of drug-likeness (QED) is 0.732. The molecule has 26 heavy (non-hydrogen) atoms. The number of rotatable bonds is 8. The first-order chi connectivity index (χ1) is 12.3. The Balaban J connectivity index is 2.15. The molecule has 0 spiro atoms. The van der Waals surface area contributed by atoms with E-state index in [9.17, 15) is 13.2 Å². The fraction of sp³-hybridized carbons (Fsp3) is 0.278. The summed E-state index contributed by atoms with van der Waals surface area (Å²) in [5.74, 6) is 0.226. The maximum absolute atomic E-state index is 12.6. The first-order valence-corrected chi connectivity index (χ1v) is 9.50. The van der Waals surface area contributed by atoms with Crippen molar-refractivity contribution in [3.8, 4) is 5.75 Å². The van der Waals surface area contributed by atoms with Crippen LogP contribution in [-0.4, -0.2) is 53.5 Å². The van der Waals surface area contributed by atoms with Crippen molar-refractivity contribution in [1.82, 2.24) is 10.2 Å². The SMILES string of the molecule is COc1cccc(NS(=O)(=O)c2cccc(C(=O)NCCN(C)C)c2)c1. The third kappa shape index (κ3) is 5.47. The topological polar surface area (TPSA) is 87.7 Å². The van der Waals surface area contributed by atoms with Gasteiger partial charge in [0.2, 0.25) is 0 Å². The number of anilines is 1. The number of carbonyl (C=O) groups is 1. The highest BCUT2D eigenvalue weighted by molar-refractivity contribution is 7.92. The van der Waals surface area contributed by atoms with Gasteiger partial charge < -0.3 is 15.0 Å². The number of nitrogens with one attached hydrogen (secondary N) is 2. The van der Waals surface area contributed by atoms with Gasteiger partial charge in [-0.25, -0.2) is 8.42 Å². The van der Waals surface area contributed by atoms with Crippen LogP contribution in [0.4, 0.5) is 5.69 Å². The summed E-state index contributed by atoms with van der Waals surface area (Å²) in [5, 5.41) is 2.76. The second-order valence-electron chi connectivity index (χ2n) is 5.92. The number of amides is 1. The molecule has 2 aromatic rings. The first-order valence-electron chi connectivity index (χ1n) is 8.02. The summed E-state index contributed by atoms with van der Waals surface area (Å²) < 4.78 is 32.8. The van der Waals surface area contributed by atoms with Crippen molar-refractivity contribution >= 4 is 21.6 Å². The van der Waals surface area contributed by atoms with Crippen LogP contribution in [-0.2, 0) is 10.0 Å². The van der Waals surface area contributed by atoms with Gasteiger partial charge in [-0.1, -0.05) is 12.1 Å². The molecule has 0 heterocycles. The second-order valence-corrected chi connectivity index (χ2v) is 7.61. The van der Waals surface area contributed by atoms with Crippen molar-refractivity contribution in [2.45, 2.75) is 4.90 Å². The summed E-state index contributed by atoms with van der Waals surface area (Å²) in [6.07, 6.45) is 0. The van der Waals surface area contributed by atoms with Crippen LogP contribution in [0, 0.1) is 0 Å². The average molecular weight is 377 g/mol. The molecule has 2 rings (SSSR count). The molecule has 0 bridgehead atoms. The zero-order valence-electron chi connectivity index (χ0n) is 15.0. The third-order valence-corrected chi connectivity index (χ3v) is 4.95. The molecule has 140 valence electrons. The number of ether oxygens (including phenoxy) is 1. The fourth-order valence-corrected chi connectivity index (χ4v) is 3.30. The van der Waals surface area contributed by atoms with Crippen molar-refractivity contribution < 1.29 is 17.9 Å². The van der Waals surface area contributed by atoms with Gasteiger partial charge >= 0.3 is 0 Å². The van der Waals surface area contributed by atoms with E-state index in [1.165, 1.54) is 19.2 Å². The van der Waals surface area contributed by atoms with Gasteiger partial charge in [0, 0.05) is 24.7 Å². The highest BCUT2D eigenvalue weighted by atomic mass is 32.2.